The topological polar surface area (TPSA) is 27.3 Å². The zero-order valence-corrected chi connectivity index (χ0v) is 11.8. The second kappa shape index (κ2) is 6.16. The summed E-state index contributed by atoms with van der Waals surface area (Å²) in [5.41, 5.74) is 1.31. The summed E-state index contributed by atoms with van der Waals surface area (Å²) in [6.07, 6.45) is 2.50. The fourth-order valence-corrected chi connectivity index (χ4v) is 2.18. The standard InChI is InChI=1S/C14H21N3S/c1-17(2)13(11-6-4-3-5-7-11)10-15-14(18)16-12-8-9-12/h3-7,12-13H,8-10H2,1-2H3,(H2,15,16,18)/t13-/m0/s1. The van der Waals surface area contributed by atoms with Crippen molar-refractivity contribution in [2.75, 3.05) is 20.6 Å². The van der Waals surface area contributed by atoms with Crippen molar-refractivity contribution in [2.45, 2.75) is 24.9 Å². The van der Waals surface area contributed by atoms with Gasteiger partial charge in [-0.25, -0.2) is 0 Å². The highest BCUT2D eigenvalue weighted by atomic mass is 32.1. The lowest BCUT2D eigenvalue weighted by Gasteiger charge is -2.25. The van der Waals surface area contributed by atoms with Crippen LogP contribution in [0.15, 0.2) is 30.3 Å². The fourth-order valence-electron chi connectivity index (χ4n) is 1.93. The smallest absolute Gasteiger partial charge is 0.166 e. The molecule has 0 radical (unpaired) electrons. The van der Waals surface area contributed by atoms with Crippen LogP contribution in [0.3, 0.4) is 0 Å². The Morgan fingerprint density at radius 1 is 1.33 bits per heavy atom. The maximum atomic E-state index is 5.28. The first-order chi connectivity index (χ1) is 8.66. The molecule has 1 aromatic carbocycles. The van der Waals surface area contributed by atoms with E-state index in [1.54, 1.807) is 0 Å². The first-order valence-corrected chi connectivity index (χ1v) is 6.83. The number of nitrogens with zero attached hydrogens (tertiary/aromatic N) is 1. The molecule has 1 saturated carbocycles. The Hall–Kier alpha value is -1.13. The predicted molar refractivity (Wildman–Crippen MR) is 79.6 cm³/mol. The van der Waals surface area contributed by atoms with Crippen molar-refractivity contribution in [1.29, 1.82) is 0 Å². The molecule has 2 rings (SSSR count). The summed E-state index contributed by atoms with van der Waals surface area (Å²) in [5, 5.41) is 7.39. The molecule has 1 fully saturated rings. The van der Waals surface area contributed by atoms with Crippen molar-refractivity contribution in [2.24, 2.45) is 0 Å². The molecule has 0 heterocycles. The maximum absolute atomic E-state index is 5.28. The number of benzene rings is 1. The van der Waals surface area contributed by atoms with Crippen molar-refractivity contribution in [3.63, 3.8) is 0 Å². The Balaban J connectivity index is 1.88. The monoisotopic (exact) mass is 263 g/mol. The van der Waals surface area contributed by atoms with E-state index in [0.717, 1.165) is 11.7 Å². The van der Waals surface area contributed by atoms with Crippen molar-refractivity contribution < 1.29 is 0 Å². The first-order valence-electron chi connectivity index (χ1n) is 6.42. The lowest BCUT2D eigenvalue weighted by molar-refractivity contribution is 0.298. The van der Waals surface area contributed by atoms with Gasteiger partial charge in [0.15, 0.2) is 5.11 Å². The van der Waals surface area contributed by atoms with Crippen LogP contribution in [-0.4, -0.2) is 36.7 Å². The normalized spacial score (nSPS) is 16.4. The molecule has 1 aliphatic carbocycles. The first kappa shape index (κ1) is 13.3. The molecule has 18 heavy (non-hydrogen) atoms. The average Bonchev–Trinajstić information content (AvgIpc) is 3.14. The average molecular weight is 263 g/mol. The molecule has 0 aliphatic heterocycles. The Labute approximate surface area is 115 Å². The van der Waals surface area contributed by atoms with Gasteiger partial charge in [0.05, 0.1) is 6.04 Å². The van der Waals surface area contributed by atoms with Crippen LogP contribution < -0.4 is 10.6 Å². The van der Waals surface area contributed by atoms with Gasteiger partial charge in [0, 0.05) is 12.6 Å². The van der Waals surface area contributed by atoms with Crippen LogP contribution in [0.2, 0.25) is 0 Å². The maximum Gasteiger partial charge on any atom is 0.166 e. The van der Waals surface area contributed by atoms with Gasteiger partial charge in [0.25, 0.3) is 0 Å². The number of hydrogen-bond donors (Lipinski definition) is 2. The molecule has 0 spiro atoms. The van der Waals surface area contributed by atoms with Crippen LogP contribution in [0.1, 0.15) is 24.4 Å². The van der Waals surface area contributed by atoms with E-state index in [1.165, 1.54) is 18.4 Å². The van der Waals surface area contributed by atoms with Crippen LogP contribution >= 0.6 is 12.2 Å². The zero-order valence-electron chi connectivity index (χ0n) is 11.0. The van der Waals surface area contributed by atoms with Crippen molar-refractivity contribution >= 4 is 17.3 Å². The quantitative estimate of drug-likeness (QED) is 0.794. The second-order valence-electron chi connectivity index (χ2n) is 5.02. The number of likely N-dealkylation sites (N-methyl/N-ethyl adjacent to an activating group) is 1. The highest BCUT2D eigenvalue weighted by molar-refractivity contribution is 7.80. The molecule has 98 valence electrons. The highest BCUT2D eigenvalue weighted by Gasteiger charge is 2.22. The molecule has 1 aliphatic rings. The summed E-state index contributed by atoms with van der Waals surface area (Å²) >= 11 is 5.28. The van der Waals surface area contributed by atoms with Crippen LogP contribution in [0.5, 0.6) is 0 Å². The molecule has 1 aromatic rings. The summed E-state index contributed by atoms with van der Waals surface area (Å²) in [5.74, 6) is 0. The summed E-state index contributed by atoms with van der Waals surface area (Å²) in [7, 11) is 4.19. The molecule has 0 bridgehead atoms. The summed E-state index contributed by atoms with van der Waals surface area (Å²) in [6, 6.07) is 11.5. The van der Waals surface area contributed by atoms with Crippen molar-refractivity contribution in [3.05, 3.63) is 35.9 Å². The van der Waals surface area contributed by atoms with Gasteiger partial charge in [0.2, 0.25) is 0 Å². The van der Waals surface area contributed by atoms with Crippen molar-refractivity contribution in [1.82, 2.24) is 15.5 Å². The molecule has 0 saturated heterocycles. The summed E-state index contributed by atoms with van der Waals surface area (Å²) in [4.78, 5) is 2.21. The third-order valence-corrected chi connectivity index (χ3v) is 3.44. The van der Waals surface area contributed by atoms with Crippen LogP contribution in [0, 0.1) is 0 Å². The molecular weight excluding hydrogens is 242 g/mol. The van der Waals surface area contributed by atoms with E-state index in [9.17, 15) is 0 Å². The Morgan fingerprint density at radius 2 is 2.00 bits per heavy atom. The van der Waals surface area contributed by atoms with Gasteiger partial charge in [-0.05, 0) is 44.7 Å². The molecule has 0 unspecified atom stereocenters. The van der Waals surface area contributed by atoms with E-state index in [4.69, 9.17) is 12.2 Å². The number of nitrogens with one attached hydrogen (secondary N) is 2. The molecule has 0 amide bonds. The predicted octanol–water partition coefficient (Wildman–Crippen LogP) is 1.92. The number of thiocarbonyl (C=S) groups is 1. The molecule has 3 nitrogen and oxygen atoms in total. The molecule has 0 aromatic heterocycles. The van der Waals surface area contributed by atoms with Gasteiger partial charge in [-0.1, -0.05) is 30.3 Å². The lowest BCUT2D eigenvalue weighted by Crippen LogP contribution is -2.41. The van der Waals surface area contributed by atoms with E-state index < -0.39 is 0 Å². The van der Waals surface area contributed by atoms with Gasteiger partial charge in [0.1, 0.15) is 0 Å². The minimum atomic E-state index is 0.338. The third kappa shape index (κ3) is 3.96. The molecule has 2 N–H and O–H groups in total. The summed E-state index contributed by atoms with van der Waals surface area (Å²) < 4.78 is 0. The van der Waals surface area contributed by atoms with E-state index in [-0.39, 0.29) is 0 Å². The van der Waals surface area contributed by atoms with Crippen LogP contribution in [-0.2, 0) is 0 Å². The van der Waals surface area contributed by atoms with Crippen LogP contribution in [0.25, 0.3) is 0 Å². The number of rotatable bonds is 5. The fraction of sp³-hybridized carbons (Fsp3) is 0.500. The molecular formula is C14H21N3S. The largest absolute Gasteiger partial charge is 0.361 e. The van der Waals surface area contributed by atoms with Gasteiger partial charge in [-0.2, -0.15) is 0 Å². The molecule has 1 atom stereocenters. The highest BCUT2D eigenvalue weighted by Crippen LogP contribution is 2.19. The van der Waals surface area contributed by atoms with E-state index in [0.29, 0.717) is 12.1 Å². The second-order valence-corrected chi connectivity index (χ2v) is 5.43. The van der Waals surface area contributed by atoms with Gasteiger partial charge < -0.3 is 15.5 Å². The van der Waals surface area contributed by atoms with Crippen molar-refractivity contribution in [3.8, 4) is 0 Å². The Kier molecular flexibility index (Phi) is 4.55. The van der Waals surface area contributed by atoms with Gasteiger partial charge >= 0.3 is 0 Å². The van der Waals surface area contributed by atoms with Crippen LogP contribution in [0.4, 0.5) is 0 Å². The lowest BCUT2D eigenvalue weighted by atomic mass is 10.1. The van der Waals surface area contributed by atoms with E-state index >= 15 is 0 Å². The Bertz CT molecular complexity index is 387. The van der Waals surface area contributed by atoms with Gasteiger partial charge in [-0.3, -0.25) is 0 Å². The minimum absolute atomic E-state index is 0.338. The molecule has 4 heteroatoms. The third-order valence-electron chi connectivity index (χ3n) is 3.18. The number of hydrogen-bond acceptors (Lipinski definition) is 2. The zero-order chi connectivity index (χ0) is 13.0. The Morgan fingerprint density at radius 3 is 2.56 bits per heavy atom. The summed E-state index contributed by atoms with van der Waals surface area (Å²) in [6.45, 7) is 0.829. The SMILES string of the molecule is CN(C)[C@@H](CNC(=S)NC1CC1)c1ccccc1. The minimum Gasteiger partial charge on any atom is -0.361 e. The van der Waals surface area contributed by atoms with E-state index in [1.807, 2.05) is 6.07 Å². The van der Waals surface area contributed by atoms with E-state index in [2.05, 4.69) is 53.9 Å². The van der Waals surface area contributed by atoms with Gasteiger partial charge in [-0.15, -0.1) is 0 Å².